The maximum atomic E-state index is 9.42. The van der Waals surface area contributed by atoms with E-state index in [4.69, 9.17) is 24.9 Å². The number of nitrogens with zero attached hydrogens (tertiary/aromatic N) is 4. The molecule has 0 radical (unpaired) electrons. The number of rotatable bonds is 5. The Kier molecular flexibility index (Phi) is 4.99. The zero-order valence-corrected chi connectivity index (χ0v) is 26.3. The van der Waals surface area contributed by atoms with Crippen molar-refractivity contribution in [3.05, 3.63) is 170 Å². The number of fused-ring (bicyclic) bond motifs is 6. The zero-order chi connectivity index (χ0) is 39.1. The lowest BCUT2D eigenvalue weighted by atomic mass is 10.0. The third-order valence-electron chi connectivity index (χ3n) is 8.96. The van der Waals surface area contributed by atoms with Crippen LogP contribution >= 0.6 is 0 Å². The number of hydrogen-bond acceptors (Lipinski definition) is 4. The number of para-hydroxylation sites is 2. The van der Waals surface area contributed by atoms with E-state index in [0.717, 1.165) is 21.9 Å². The number of benzene rings is 7. The summed E-state index contributed by atoms with van der Waals surface area (Å²) in [5.74, 6) is 0.682. The van der Waals surface area contributed by atoms with Gasteiger partial charge in [-0.2, -0.15) is 0 Å². The Morgan fingerprint density at radius 3 is 1.82 bits per heavy atom. The van der Waals surface area contributed by atoms with Gasteiger partial charge in [-0.25, -0.2) is 15.0 Å². The Hall–Kier alpha value is -6.85. The summed E-state index contributed by atoms with van der Waals surface area (Å²) in [5, 5.41) is 1.86. The first kappa shape index (κ1) is 21.9. The molecule has 50 heavy (non-hydrogen) atoms. The van der Waals surface area contributed by atoms with Crippen molar-refractivity contribution >= 4 is 43.7 Å². The average molecular weight is 648 g/mol. The van der Waals surface area contributed by atoms with Crippen molar-refractivity contribution in [2.75, 3.05) is 0 Å². The molecule has 0 unspecified atom stereocenters. The fourth-order valence-electron chi connectivity index (χ4n) is 6.63. The van der Waals surface area contributed by atoms with Gasteiger partial charge in [0.2, 0.25) is 0 Å². The molecule has 0 aliphatic rings. The van der Waals surface area contributed by atoms with E-state index >= 15 is 0 Å². The smallest absolute Gasteiger partial charge is 0.166 e. The van der Waals surface area contributed by atoms with E-state index < -0.39 is 18.1 Å². The minimum absolute atomic E-state index is 0.0452. The van der Waals surface area contributed by atoms with Crippen molar-refractivity contribution in [1.29, 1.82) is 0 Å². The minimum atomic E-state index is -0.478. The Bertz CT molecular complexity index is 3200. The van der Waals surface area contributed by atoms with Crippen LogP contribution < -0.4 is 0 Å². The van der Waals surface area contributed by atoms with Crippen LogP contribution in [0.15, 0.2) is 174 Å². The molecule has 3 heterocycles. The maximum Gasteiger partial charge on any atom is 0.166 e. The highest BCUT2D eigenvalue weighted by Gasteiger charge is 2.20. The molecule has 0 saturated heterocycles. The first-order valence-corrected chi connectivity index (χ1v) is 16.1. The highest BCUT2D eigenvalue weighted by atomic mass is 16.3. The lowest BCUT2D eigenvalue weighted by molar-refractivity contribution is 0.668. The molecule has 234 valence electrons. The molecule has 0 spiro atoms. The van der Waals surface area contributed by atoms with Crippen LogP contribution in [0.3, 0.4) is 0 Å². The molecule has 0 fully saturated rings. The Morgan fingerprint density at radius 2 is 1.10 bits per heavy atom. The quantitative estimate of drug-likeness (QED) is 0.186. The summed E-state index contributed by atoms with van der Waals surface area (Å²) in [6.45, 7) is 0. The molecule has 5 nitrogen and oxygen atoms in total. The normalized spacial score (nSPS) is 13.6. The van der Waals surface area contributed by atoms with Crippen LogP contribution in [0, 0.1) is 0 Å². The molecule has 0 saturated carbocycles. The van der Waals surface area contributed by atoms with Crippen LogP contribution in [0.5, 0.6) is 0 Å². The summed E-state index contributed by atoms with van der Waals surface area (Å²) in [6, 6.07) is 37.5. The van der Waals surface area contributed by atoms with E-state index in [9.17, 15) is 4.11 Å². The van der Waals surface area contributed by atoms with Gasteiger partial charge in [0.05, 0.1) is 20.6 Å². The largest absolute Gasteiger partial charge is 0.456 e. The molecular formula is C45H28N4O. The summed E-state index contributed by atoms with van der Waals surface area (Å²) in [6.07, 6.45) is 0. The van der Waals surface area contributed by atoms with Crippen molar-refractivity contribution in [2.45, 2.75) is 0 Å². The predicted octanol–water partition coefficient (Wildman–Crippen LogP) is 11.5. The molecule has 0 aliphatic carbocycles. The molecule has 0 bridgehead atoms. The van der Waals surface area contributed by atoms with Crippen molar-refractivity contribution in [3.63, 3.8) is 0 Å². The first-order valence-electron chi connectivity index (χ1n) is 19.6. The summed E-state index contributed by atoms with van der Waals surface area (Å²) in [7, 11) is 0. The SMILES string of the molecule is [2H]c1c([2H])c([2H])c2c(c1[2H])c1c([2H])c([2H])c([2H])c(-c3nc(-c4ccccc4)nc(-c4ccccc4)n3)c1n2-c1ccc2c(c1)oc1ccc(-c3ccccc3)cc12. The Labute approximate surface area is 297 Å². The van der Waals surface area contributed by atoms with E-state index in [0.29, 0.717) is 39.6 Å². The fraction of sp³-hybridized carbons (Fsp3) is 0. The van der Waals surface area contributed by atoms with Gasteiger partial charge >= 0.3 is 0 Å². The molecule has 10 aromatic rings. The molecule has 7 aromatic carbocycles. The highest BCUT2D eigenvalue weighted by Crippen LogP contribution is 2.40. The molecule has 3 aromatic heterocycles. The lowest BCUT2D eigenvalue weighted by Crippen LogP contribution is -2.02. The van der Waals surface area contributed by atoms with Gasteiger partial charge < -0.3 is 8.98 Å². The molecule has 0 atom stereocenters. The molecule has 0 aliphatic heterocycles. The zero-order valence-electron chi connectivity index (χ0n) is 33.3. The predicted molar refractivity (Wildman–Crippen MR) is 203 cm³/mol. The van der Waals surface area contributed by atoms with E-state index in [-0.39, 0.29) is 57.4 Å². The van der Waals surface area contributed by atoms with Gasteiger partial charge in [0.15, 0.2) is 17.5 Å². The van der Waals surface area contributed by atoms with E-state index in [1.807, 2.05) is 115 Å². The number of hydrogen-bond donors (Lipinski definition) is 0. The van der Waals surface area contributed by atoms with Crippen molar-refractivity contribution < 1.29 is 14.0 Å². The van der Waals surface area contributed by atoms with Crippen molar-refractivity contribution in [1.82, 2.24) is 19.5 Å². The van der Waals surface area contributed by atoms with E-state index in [1.165, 1.54) is 0 Å². The van der Waals surface area contributed by atoms with Gasteiger partial charge in [0.25, 0.3) is 0 Å². The topological polar surface area (TPSA) is 56.7 Å². The maximum absolute atomic E-state index is 9.42. The molecule has 5 heteroatoms. The van der Waals surface area contributed by atoms with Crippen LogP contribution in [0.4, 0.5) is 0 Å². The highest BCUT2D eigenvalue weighted by molar-refractivity contribution is 6.14. The summed E-state index contributed by atoms with van der Waals surface area (Å²) >= 11 is 0. The summed E-state index contributed by atoms with van der Waals surface area (Å²) < 4.78 is 71.4. The van der Waals surface area contributed by atoms with Gasteiger partial charge in [0, 0.05) is 50.0 Å². The van der Waals surface area contributed by atoms with Gasteiger partial charge in [-0.05, 0) is 47.5 Å². The number of furan rings is 1. The molecular weight excluding hydrogens is 613 g/mol. The minimum Gasteiger partial charge on any atom is -0.456 e. The monoisotopic (exact) mass is 647 g/mol. The molecule has 10 rings (SSSR count). The van der Waals surface area contributed by atoms with Gasteiger partial charge in [-0.15, -0.1) is 0 Å². The first-order chi connectivity index (χ1) is 27.7. The second-order valence-electron chi connectivity index (χ2n) is 11.9. The van der Waals surface area contributed by atoms with Gasteiger partial charge in [0.1, 0.15) is 11.2 Å². The lowest BCUT2D eigenvalue weighted by Gasteiger charge is -2.12. The van der Waals surface area contributed by atoms with Gasteiger partial charge in [-0.3, -0.25) is 0 Å². The fourth-order valence-corrected chi connectivity index (χ4v) is 6.63. The second kappa shape index (κ2) is 11.4. The third-order valence-corrected chi connectivity index (χ3v) is 8.96. The Balaban J connectivity index is 1.33. The second-order valence-corrected chi connectivity index (χ2v) is 11.9. The summed E-state index contributed by atoms with van der Waals surface area (Å²) in [4.78, 5) is 14.6. The van der Waals surface area contributed by atoms with Crippen molar-refractivity contribution in [3.8, 4) is 51.0 Å². The van der Waals surface area contributed by atoms with Gasteiger partial charge in [-0.1, -0.05) is 127 Å². The molecule has 0 amide bonds. The summed E-state index contributed by atoms with van der Waals surface area (Å²) in [5.41, 5.74) is 5.46. The third kappa shape index (κ3) is 4.60. The standard InChI is InChI=1S/C45H28N4O/c1-4-13-29(14-5-1)32-23-26-40-38(27-32)35-25-24-33(28-41(35)50-40)49-39-22-11-10-19-34(39)36-20-12-21-37(42(36)49)45-47-43(30-15-6-2-7-16-30)46-44(48-45)31-17-8-3-9-18-31/h1-28H/i10D,11D,12D,19D,20D,21D,22D. The van der Waals surface area contributed by atoms with Crippen LogP contribution in [0.1, 0.15) is 9.60 Å². The Morgan fingerprint density at radius 1 is 0.460 bits per heavy atom. The molecule has 0 N–H and O–H groups in total. The van der Waals surface area contributed by atoms with Crippen LogP contribution in [-0.2, 0) is 0 Å². The average Bonchev–Trinajstić information content (AvgIpc) is 3.81. The van der Waals surface area contributed by atoms with Crippen LogP contribution in [0.25, 0.3) is 94.7 Å². The van der Waals surface area contributed by atoms with Crippen LogP contribution in [0.2, 0.25) is 0 Å². The number of aromatic nitrogens is 4. The van der Waals surface area contributed by atoms with Crippen molar-refractivity contribution in [2.24, 2.45) is 0 Å². The van der Waals surface area contributed by atoms with Crippen LogP contribution in [-0.4, -0.2) is 19.5 Å². The van der Waals surface area contributed by atoms with E-state index in [2.05, 4.69) is 6.07 Å². The van der Waals surface area contributed by atoms with E-state index in [1.54, 1.807) is 10.6 Å².